The average molecular weight is 642 g/mol. The maximum Gasteiger partial charge on any atom is 0.305 e. The Morgan fingerprint density at radius 3 is 1.89 bits per heavy atom. The van der Waals surface area contributed by atoms with Gasteiger partial charge in [0.25, 0.3) is 0 Å². The Morgan fingerprint density at radius 1 is 0.761 bits per heavy atom. The molecule has 0 aliphatic carbocycles. The molecular weight excluding hydrogens is 570 g/mol. The number of allylic oxidation sites excluding steroid dienone is 3. The summed E-state index contributed by atoms with van der Waals surface area (Å²) < 4.78 is 5.28. The molecule has 0 spiro atoms. The predicted molar refractivity (Wildman–Crippen MR) is 196 cm³/mol. The molecule has 264 valence electrons. The van der Waals surface area contributed by atoms with E-state index in [0.717, 1.165) is 24.8 Å². The molecule has 0 bridgehead atoms. The molecular formula is C41H71NO4. The largest absolute Gasteiger partial charge is 0.464 e. The summed E-state index contributed by atoms with van der Waals surface area (Å²) in [4.78, 5) is 24.3. The minimum atomic E-state index is -0.480. The molecule has 5 heteroatoms. The van der Waals surface area contributed by atoms with Gasteiger partial charge in [0.05, 0.1) is 12.6 Å². The van der Waals surface area contributed by atoms with E-state index in [1.165, 1.54) is 103 Å². The summed E-state index contributed by atoms with van der Waals surface area (Å²) in [6.45, 7) is 10.8. The van der Waals surface area contributed by atoms with Gasteiger partial charge in [0, 0.05) is 24.3 Å². The van der Waals surface area contributed by atoms with E-state index >= 15 is 0 Å². The lowest BCUT2D eigenvalue weighted by Gasteiger charge is -2.16. The van der Waals surface area contributed by atoms with Gasteiger partial charge in [0.2, 0.25) is 5.91 Å². The third-order valence-corrected chi connectivity index (χ3v) is 8.54. The molecule has 0 aromatic heterocycles. The number of esters is 1. The van der Waals surface area contributed by atoms with Crippen LogP contribution in [0.3, 0.4) is 0 Å². The molecule has 0 aromatic rings. The fourth-order valence-electron chi connectivity index (χ4n) is 5.33. The predicted octanol–water partition coefficient (Wildman–Crippen LogP) is 10.7. The van der Waals surface area contributed by atoms with Gasteiger partial charge in [-0.2, -0.15) is 0 Å². The Balaban J connectivity index is 3.82. The van der Waals surface area contributed by atoms with E-state index < -0.39 is 6.10 Å². The number of nitrogens with one attached hydrogen (secondary N) is 1. The van der Waals surface area contributed by atoms with E-state index in [1.807, 2.05) is 32.1 Å². The maximum absolute atomic E-state index is 12.3. The van der Waals surface area contributed by atoms with Crippen molar-refractivity contribution in [2.24, 2.45) is 5.92 Å². The first-order valence-corrected chi connectivity index (χ1v) is 18.9. The van der Waals surface area contributed by atoms with Gasteiger partial charge in [0.1, 0.15) is 6.61 Å². The van der Waals surface area contributed by atoms with Crippen molar-refractivity contribution in [3.63, 3.8) is 0 Å². The van der Waals surface area contributed by atoms with Gasteiger partial charge >= 0.3 is 5.97 Å². The van der Waals surface area contributed by atoms with Gasteiger partial charge in [-0.3, -0.25) is 9.59 Å². The van der Waals surface area contributed by atoms with E-state index in [1.54, 1.807) is 6.92 Å². The molecule has 0 aliphatic rings. The fraction of sp³-hybridized carbons (Fsp3) is 0.756. The van der Waals surface area contributed by atoms with Gasteiger partial charge in [-0.1, -0.05) is 154 Å². The molecule has 1 amide bonds. The van der Waals surface area contributed by atoms with Crippen LogP contribution in [-0.4, -0.2) is 36.2 Å². The smallest absolute Gasteiger partial charge is 0.305 e. The summed E-state index contributed by atoms with van der Waals surface area (Å²) in [6, 6.07) is 0. The van der Waals surface area contributed by atoms with Crippen LogP contribution in [0.4, 0.5) is 0 Å². The molecule has 2 atom stereocenters. The molecule has 0 heterocycles. The van der Waals surface area contributed by atoms with Crippen molar-refractivity contribution in [2.45, 2.75) is 182 Å². The Morgan fingerprint density at radius 2 is 1.30 bits per heavy atom. The van der Waals surface area contributed by atoms with Crippen molar-refractivity contribution in [2.75, 3.05) is 13.2 Å². The number of carbonyl (C=O) groups excluding carboxylic acids is 2. The quantitative estimate of drug-likeness (QED) is 0.0280. The van der Waals surface area contributed by atoms with Crippen LogP contribution in [0.25, 0.3) is 0 Å². The molecule has 0 saturated heterocycles. The number of hydrogen-bond acceptors (Lipinski definition) is 4. The highest BCUT2D eigenvalue weighted by atomic mass is 16.5. The van der Waals surface area contributed by atoms with E-state index in [2.05, 4.69) is 37.1 Å². The summed E-state index contributed by atoms with van der Waals surface area (Å²) in [5.74, 6) is 5.81. The molecule has 0 rings (SSSR count). The number of rotatable bonds is 29. The van der Waals surface area contributed by atoms with Crippen LogP contribution in [0.15, 0.2) is 35.5 Å². The Hall–Kier alpha value is -2.32. The molecule has 2 N–H and O–H groups in total. The topological polar surface area (TPSA) is 75.6 Å². The van der Waals surface area contributed by atoms with Gasteiger partial charge in [0.15, 0.2) is 0 Å². The van der Waals surface area contributed by atoms with Crippen molar-refractivity contribution in [1.29, 1.82) is 0 Å². The maximum atomic E-state index is 12.3. The second-order valence-corrected chi connectivity index (χ2v) is 13.0. The first-order valence-electron chi connectivity index (χ1n) is 18.9. The Bertz CT molecular complexity index is 907. The summed E-state index contributed by atoms with van der Waals surface area (Å²) in [6.07, 6.45) is 33.3. The lowest BCUT2D eigenvalue weighted by atomic mass is 9.96. The first kappa shape index (κ1) is 43.7. The third kappa shape index (κ3) is 27.9. The van der Waals surface area contributed by atoms with Crippen LogP contribution in [-0.2, 0) is 14.3 Å². The number of aliphatic hydroxyl groups is 1. The minimum absolute atomic E-state index is 0.00996. The number of ether oxygens (including phenoxy) is 1. The highest BCUT2D eigenvalue weighted by Crippen LogP contribution is 2.16. The molecule has 46 heavy (non-hydrogen) atoms. The second kappa shape index (κ2) is 32.6. The first-order chi connectivity index (χ1) is 22.3. The minimum Gasteiger partial charge on any atom is -0.464 e. The van der Waals surface area contributed by atoms with Crippen molar-refractivity contribution in [3.05, 3.63) is 35.5 Å². The van der Waals surface area contributed by atoms with Crippen LogP contribution in [0.1, 0.15) is 176 Å². The lowest BCUT2D eigenvalue weighted by molar-refractivity contribution is -0.144. The zero-order valence-corrected chi connectivity index (χ0v) is 30.6. The van der Waals surface area contributed by atoms with Gasteiger partial charge in [-0.05, 0) is 51.2 Å². The Labute approximate surface area is 284 Å². The molecule has 0 unspecified atom stereocenters. The number of unbranched alkanes of at least 4 members (excludes halogenated alkanes) is 18. The second-order valence-electron chi connectivity index (χ2n) is 13.0. The third-order valence-electron chi connectivity index (χ3n) is 8.54. The lowest BCUT2D eigenvalue weighted by Crippen LogP contribution is -2.28. The standard InChI is InChI=1S/C41H71NO4/c1-6-8-10-12-13-14-15-16-17-18-19-20-21-25-29-33-39(43)46-35-34-42-41(45)38(5)32-28-24-22-23-27-31-37(4)40(44)36(3)30-26-11-9-7-2/h27,30-32,37,40,44H,6-21,24-26,28-29,33-35H2,1-5H3,(H,42,45)/b31-27+,36-30+,38-32+/t37-,40+/m1/s1. The van der Waals surface area contributed by atoms with Crippen molar-refractivity contribution in [1.82, 2.24) is 5.32 Å². The summed E-state index contributed by atoms with van der Waals surface area (Å²) >= 11 is 0. The van der Waals surface area contributed by atoms with E-state index in [4.69, 9.17) is 4.74 Å². The summed E-state index contributed by atoms with van der Waals surface area (Å²) in [5.41, 5.74) is 1.66. The van der Waals surface area contributed by atoms with Crippen LogP contribution >= 0.6 is 0 Å². The highest BCUT2D eigenvalue weighted by molar-refractivity contribution is 5.92. The number of hydrogen-bond donors (Lipinski definition) is 2. The monoisotopic (exact) mass is 642 g/mol. The molecule has 0 aromatic carbocycles. The Kier molecular flexibility index (Phi) is 31.0. The van der Waals surface area contributed by atoms with Crippen LogP contribution in [0.2, 0.25) is 0 Å². The van der Waals surface area contributed by atoms with Gasteiger partial charge in [-0.15, -0.1) is 0 Å². The molecule has 0 fully saturated rings. The normalized spacial score (nSPS) is 13.3. The average Bonchev–Trinajstić information content (AvgIpc) is 3.05. The number of amides is 1. The van der Waals surface area contributed by atoms with Crippen molar-refractivity contribution < 1.29 is 19.4 Å². The highest BCUT2D eigenvalue weighted by Gasteiger charge is 2.12. The number of carbonyl (C=O) groups is 2. The van der Waals surface area contributed by atoms with E-state index in [9.17, 15) is 14.7 Å². The van der Waals surface area contributed by atoms with E-state index in [0.29, 0.717) is 31.4 Å². The zero-order chi connectivity index (χ0) is 34.1. The molecule has 0 aliphatic heterocycles. The van der Waals surface area contributed by atoms with Gasteiger partial charge < -0.3 is 15.2 Å². The van der Waals surface area contributed by atoms with Gasteiger partial charge in [-0.25, -0.2) is 0 Å². The van der Waals surface area contributed by atoms with Crippen molar-refractivity contribution in [3.8, 4) is 11.8 Å². The molecule has 0 radical (unpaired) electrons. The summed E-state index contributed by atoms with van der Waals surface area (Å²) in [7, 11) is 0. The fourth-order valence-corrected chi connectivity index (χ4v) is 5.33. The number of aliphatic hydroxyl groups excluding tert-OH is 1. The van der Waals surface area contributed by atoms with Crippen molar-refractivity contribution >= 4 is 11.9 Å². The van der Waals surface area contributed by atoms with Crippen LogP contribution < -0.4 is 5.32 Å². The van der Waals surface area contributed by atoms with E-state index in [-0.39, 0.29) is 24.4 Å². The zero-order valence-electron chi connectivity index (χ0n) is 30.6. The van der Waals surface area contributed by atoms with Crippen LogP contribution in [0, 0.1) is 17.8 Å². The summed E-state index contributed by atoms with van der Waals surface area (Å²) in [5, 5.41) is 13.3. The molecule has 0 saturated carbocycles. The molecule has 5 nitrogen and oxygen atoms in total. The SMILES string of the molecule is CCCCC/C=C(\C)[C@H](O)[C@H](C)/C=C/C#CCC/C=C(\C)C(=O)NCCOC(=O)CCCCCCCCCCCCCCCCC. The van der Waals surface area contributed by atoms with Crippen LogP contribution in [0.5, 0.6) is 0 Å².